The summed E-state index contributed by atoms with van der Waals surface area (Å²) in [5.74, 6) is 0. The number of aliphatic hydroxyl groups is 1. The highest BCUT2D eigenvalue weighted by atomic mass is 16.7. The third-order valence-electron chi connectivity index (χ3n) is 2.89. The van der Waals surface area contributed by atoms with Gasteiger partial charge in [-0.1, -0.05) is 30.3 Å². The lowest BCUT2D eigenvalue weighted by molar-refractivity contribution is -0.225. The summed E-state index contributed by atoms with van der Waals surface area (Å²) in [6.07, 6.45) is -0.505. The van der Waals surface area contributed by atoms with Crippen molar-refractivity contribution < 1.29 is 19.3 Å². The molecule has 4 heteroatoms. The van der Waals surface area contributed by atoms with Gasteiger partial charge in [0.25, 0.3) is 0 Å². The van der Waals surface area contributed by atoms with Crippen molar-refractivity contribution in [1.29, 1.82) is 0 Å². The van der Waals surface area contributed by atoms with E-state index in [2.05, 4.69) is 0 Å². The SMILES string of the molecule is CO[C@@H]1C[C@H](OCc2ccccc2)OC[C@H]1O. The standard InChI is InChI=1S/C13H18O4/c1-15-12-7-13(17-9-11(12)14)16-8-10-5-3-2-4-6-10/h2-6,11-14H,7-9H2,1H3/t11-,12-,13-/m1/s1. The van der Waals surface area contributed by atoms with Gasteiger partial charge in [0.1, 0.15) is 6.10 Å². The fourth-order valence-electron chi connectivity index (χ4n) is 1.86. The molecule has 0 radical (unpaired) electrons. The molecule has 1 aromatic rings. The van der Waals surface area contributed by atoms with Gasteiger partial charge >= 0.3 is 0 Å². The van der Waals surface area contributed by atoms with Gasteiger partial charge in [0, 0.05) is 13.5 Å². The Balaban J connectivity index is 1.80. The largest absolute Gasteiger partial charge is 0.388 e. The molecule has 0 amide bonds. The lowest BCUT2D eigenvalue weighted by Gasteiger charge is -2.32. The van der Waals surface area contributed by atoms with Crippen molar-refractivity contribution in [2.75, 3.05) is 13.7 Å². The maximum absolute atomic E-state index is 9.57. The maximum Gasteiger partial charge on any atom is 0.160 e. The van der Waals surface area contributed by atoms with Crippen molar-refractivity contribution in [3.8, 4) is 0 Å². The highest BCUT2D eigenvalue weighted by Crippen LogP contribution is 2.19. The summed E-state index contributed by atoms with van der Waals surface area (Å²) in [5, 5.41) is 9.57. The van der Waals surface area contributed by atoms with Gasteiger partial charge in [-0.25, -0.2) is 0 Å². The number of methoxy groups -OCH3 is 1. The molecule has 1 aromatic carbocycles. The van der Waals surface area contributed by atoms with Gasteiger partial charge in [-0.3, -0.25) is 0 Å². The average molecular weight is 238 g/mol. The van der Waals surface area contributed by atoms with Crippen LogP contribution in [0.15, 0.2) is 30.3 Å². The van der Waals surface area contributed by atoms with Crippen LogP contribution >= 0.6 is 0 Å². The Morgan fingerprint density at radius 2 is 2.12 bits per heavy atom. The van der Waals surface area contributed by atoms with Gasteiger partial charge in [-0.2, -0.15) is 0 Å². The molecule has 0 spiro atoms. The minimum atomic E-state index is -0.559. The Kier molecular flexibility index (Phi) is 4.50. The summed E-state index contributed by atoms with van der Waals surface area (Å²) in [5.41, 5.74) is 1.11. The van der Waals surface area contributed by atoms with E-state index < -0.39 is 6.10 Å². The first-order valence-corrected chi connectivity index (χ1v) is 5.77. The lowest BCUT2D eigenvalue weighted by atomic mass is 10.1. The molecule has 3 atom stereocenters. The molecule has 0 unspecified atom stereocenters. The predicted molar refractivity (Wildman–Crippen MR) is 62.4 cm³/mol. The number of aliphatic hydroxyl groups excluding tert-OH is 1. The second-order valence-corrected chi connectivity index (χ2v) is 4.14. The molecule has 1 heterocycles. The van der Waals surface area contributed by atoms with Crippen LogP contribution in [-0.2, 0) is 20.8 Å². The fourth-order valence-corrected chi connectivity index (χ4v) is 1.86. The third-order valence-corrected chi connectivity index (χ3v) is 2.89. The van der Waals surface area contributed by atoms with E-state index in [9.17, 15) is 5.11 Å². The Bertz CT molecular complexity index is 327. The number of ether oxygens (including phenoxy) is 3. The molecule has 0 aromatic heterocycles. The number of hydrogen-bond acceptors (Lipinski definition) is 4. The Morgan fingerprint density at radius 1 is 1.35 bits per heavy atom. The van der Waals surface area contributed by atoms with Gasteiger partial charge in [0.2, 0.25) is 0 Å². The highest BCUT2D eigenvalue weighted by molar-refractivity contribution is 5.13. The molecule has 1 aliphatic rings. The molecule has 1 fully saturated rings. The minimum absolute atomic E-state index is 0.204. The Labute approximate surface area is 101 Å². The summed E-state index contributed by atoms with van der Waals surface area (Å²) in [6.45, 7) is 0.774. The molecule has 2 rings (SSSR count). The van der Waals surface area contributed by atoms with E-state index in [-0.39, 0.29) is 19.0 Å². The van der Waals surface area contributed by atoms with Crippen molar-refractivity contribution in [3.63, 3.8) is 0 Å². The van der Waals surface area contributed by atoms with Crippen molar-refractivity contribution in [3.05, 3.63) is 35.9 Å². The maximum atomic E-state index is 9.57. The van der Waals surface area contributed by atoms with Crippen LogP contribution in [0.25, 0.3) is 0 Å². The van der Waals surface area contributed by atoms with E-state index in [1.165, 1.54) is 0 Å². The molecule has 0 saturated carbocycles. The minimum Gasteiger partial charge on any atom is -0.388 e. The zero-order chi connectivity index (χ0) is 12.1. The van der Waals surface area contributed by atoms with E-state index in [4.69, 9.17) is 14.2 Å². The first kappa shape index (κ1) is 12.5. The normalized spacial score (nSPS) is 29.2. The lowest BCUT2D eigenvalue weighted by Crippen LogP contribution is -2.43. The molecular weight excluding hydrogens is 220 g/mol. The van der Waals surface area contributed by atoms with Crippen LogP contribution in [0.3, 0.4) is 0 Å². The van der Waals surface area contributed by atoms with Gasteiger partial charge < -0.3 is 19.3 Å². The van der Waals surface area contributed by atoms with Crippen molar-refractivity contribution >= 4 is 0 Å². The van der Waals surface area contributed by atoms with Crippen molar-refractivity contribution in [2.24, 2.45) is 0 Å². The zero-order valence-corrected chi connectivity index (χ0v) is 9.91. The summed E-state index contributed by atoms with van der Waals surface area (Å²) in [7, 11) is 1.59. The first-order valence-electron chi connectivity index (χ1n) is 5.77. The van der Waals surface area contributed by atoms with Crippen LogP contribution in [0.1, 0.15) is 12.0 Å². The van der Waals surface area contributed by atoms with Gasteiger partial charge in [0.05, 0.1) is 19.3 Å². The van der Waals surface area contributed by atoms with Crippen LogP contribution in [-0.4, -0.2) is 37.3 Å². The van der Waals surface area contributed by atoms with E-state index in [1.807, 2.05) is 30.3 Å². The van der Waals surface area contributed by atoms with Crippen LogP contribution < -0.4 is 0 Å². The smallest absolute Gasteiger partial charge is 0.160 e. The van der Waals surface area contributed by atoms with Crippen LogP contribution in [0.2, 0.25) is 0 Å². The fraction of sp³-hybridized carbons (Fsp3) is 0.538. The number of hydrogen-bond donors (Lipinski definition) is 1. The predicted octanol–water partition coefficient (Wildman–Crippen LogP) is 1.33. The Hall–Kier alpha value is -0.940. The van der Waals surface area contributed by atoms with Gasteiger partial charge in [-0.05, 0) is 5.56 Å². The number of benzene rings is 1. The highest BCUT2D eigenvalue weighted by Gasteiger charge is 2.30. The Morgan fingerprint density at radius 3 is 2.82 bits per heavy atom. The molecule has 0 aliphatic carbocycles. The van der Waals surface area contributed by atoms with E-state index >= 15 is 0 Å². The second kappa shape index (κ2) is 6.12. The van der Waals surface area contributed by atoms with Crippen LogP contribution in [0.5, 0.6) is 0 Å². The molecule has 17 heavy (non-hydrogen) atoms. The summed E-state index contributed by atoms with van der Waals surface area (Å²) in [6, 6.07) is 9.93. The monoisotopic (exact) mass is 238 g/mol. The average Bonchev–Trinajstić information content (AvgIpc) is 2.39. The molecular formula is C13H18O4. The van der Waals surface area contributed by atoms with E-state index in [1.54, 1.807) is 7.11 Å². The van der Waals surface area contributed by atoms with Gasteiger partial charge in [-0.15, -0.1) is 0 Å². The molecule has 4 nitrogen and oxygen atoms in total. The van der Waals surface area contributed by atoms with E-state index in [0.29, 0.717) is 13.0 Å². The summed E-state index contributed by atoms with van der Waals surface area (Å²) >= 11 is 0. The van der Waals surface area contributed by atoms with Crippen LogP contribution in [0, 0.1) is 0 Å². The molecule has 1 N–H and O–H groups in total. The third kappa shape index (κ3) is 3.51. The molecule has 0 bridgehead atoms. The van der Waals surface area contributed by atoms with E-state index in [0.717, 1.165) is 5.56 Å². The topological polar surface area (TPSA) is 47.9 Å². The van der Waals surface area contributed by atoms with Crippen LogP contribution in [0.4, 0.5) is 0 Å². The zero-order valence-electron chi connectivity index (χ0n) is 9.91. The molecule has 1 saturated heterocycles. The van der Waals surface area contributed by atoms with Crippen molar-refractivity contribution in [1.82, 2.24) is 0 Å². The van der Waals surface area contributed by atoms with Gasteiger partial charge in [0.15, 0.2) is 6.29 Å². The summed E-state index contributed by atoms with van der Waals surface area (Å²) in [4.78, 5) is 0. The van der Waals surface area contributed by atoms with Crippen molar-refractivity contribution in [2.45, 2.75) is 31.5 Å². The molecule has 94 valence electrons. The second-order valence-electron chi connectivity index (χ2n) is 4.14. The quantitative estimate of drug-likeness (QED) is 0.859. The first-order chi connectivity index (χ1) is 8.29. The molecule has 1 aliphatic heterocycles. The summed E-state index contributed by atoms with van der Waals surface area (Å²) < 4.78 is 16.2. The number of rotatable bonds is 4.